The van der Waals surface area contributed by atoms with Crippen LogP contribution >= 0.6 is 31.9 Å². The maximum Gasteiger partial charge on any atom is 0.328 e. The molecule has 0 aromatic heterocycles. The van der Waals surface area contributed by atoms with Gasteiger partial charge in [-0.2, -0.15) is 0 Å². The number of phenolic OH excluding ortho intramolecular Hbond substituents is 2. The van der Waals surface area contributed by atoms with Crippen LogP contribution in [0, 0.1) is 0 Å². The van der Waals surface area contributed by atoms with Gasteiger partial charge >= 0.3 is 5.97 Å². The van der Waals surface area contributed by atoms with Crippen molar-refractivity contribution in [3.8, 4) is 11.5 Å². The topological polar surface area (TPSA) is 90.1 Å². The summed E-state index contributed by atoms with van der Waals surface area (Å²) < 4.78 is 1.22. The van der Waals surface area contributed by atoms with Gasteiger partial charge in [0.25, 0.3) is 0 Å². The Balaban J connectivity index is 2.22. The highest BCUT2D eigenvalue weighted by atomic mass is 79.9. The van der Waals surface area contributed by atoms with Gasteiger partial charge in [0, 0.05) is 22.7 Å². The van der Waals surface area contributed by atoms with Gasteiger partial charge in [-0.05, 0) is 45.8 Å². The number of aliphatic imine (C=N–C) groups is 1. The summed E-state index contributed by atoms with van der Waals surface area (Å²) >= 11 is 6.51. The third kappa shape index (κ3) is 4.80. The number of phenols is 2. The van der Waals surface area contributed by atoms with Gasteiger partial charge in [0.1, 0.15) is 11.5 Å². The number of benzene rings is 2. The monoisotopic (exact) mass is 441 g/mol. The number of hydrogen-bond acceptors (Lipinski definition) is 4. The molecule has 0 amide bonds. The minimum absolute atomic E-state index is 0.00859. The van der Waals surface area contributed by atoms with Gasteiger partial charge in [0.05, 0.1) is 4.47 Å². The number of carboxylic acids is 1. The summed E-state index contributed by atoms with van der Waals surface area (Å²) in [6.45, 7) is 0. The molecule has 0 bridgehead atoms. The van der Waals surface area contributed by atoms with Crippen LogP contribution in [0.1, 0.15) is 11.1 Å². The fourth-order valence-electron chi connectivity index (χ4n) is 1.91. The number of aromatic hydroxyl groups is 2. The Bertz CT molecular complexity index is 744. The molecule has 2 rings (SSSR count). The van der Waals surface area contributed by atoms with Crippen molar-refractivity contribution < 1.29 is 20.1 Å². The van der Waals surface area contributed by atoms with Crippen LogP contribution in [0.2, 0.25) is 0 Å². The normalized spacial score (nSPS) is 12.4. The molecule has 120 valence electrons. The zero-order valence-electron chi connectivity index (χ0n) is 11.8. The van der Waals surface area contributed by atoms with Crippen molar-refractivity contribution in [1.82, 2.24) is 0 Å². The van der Waals surface area contributed by atoms with E-state index < -0.39 is 12.0 Å². The van der Waals surface area contributed by atoms with E-state index in [1.54, 1.807) is 24.3 Å². The Labute approximate surface area is 149 Å². The molecule has 0 unspecified atom stereocenters. The second-order valence-corrected chi connectivity index (χ2v) is 6.60. The molecule has 0 aliphatic carbocycles. The number of hydrogen-bond donors (Lipinski definition) is 3. The minimum atomic E-state index is -1.07. The Morgan fingerprint density at radius 1 is 1.17 bits per heavy atom. The molecule has 3 N–H and O–H groups in total. The average molecular weight is 443 g/mol. The number of aliphatic carboxylic acids is 1. The molecule has 0 radical (unpaired) electrons. The first-order chi connectivity index (χ1) is 10.9. The quantitative estimate of drug-likeness (QED) is 0.615. The predicted molar refractivity (Wildman–Crippen MR) is 94.3 cm³/mol. The first kappa shape index (κ1) is 17.5. The molecule has 5 nitrogen and oxygen atoms in total. The van der Waals surface area contributed by atoms with Gasteiger partial charge in [0.2, 0.25) is 0 Å². The molecule has 0 saturated carbocycles. The molecular formula is C16H13Br2NO4. The first-order valence-corrected chi connectivity index (χ1v) is 8.17. The number of rotatable bonds is 5. The van der Waals surface area contributed by atoms with Gasteiger partial charge in [-0.3, -0.25) is 4.99 Å². The highest BCUT2D eigenvalue weighted by molar-refractivity contribution is 9.11. The molecule has 0 saturated heterocycles. The Morgan fingerprint density at radius 2 is 1.83 bits per heavy atom. The summed E-state index contributed by atoms with van der Waals surface area (Å²) in [5.74, 6) is -0.957. The van der Waals surface area contributed by atoms with E-state index in [9.17, 15) is 20.1 Å². The van der Waals surface area contributed by atoms with E-state index in [1.165, 1.54) is 18.3 Å². The zero-order valence-corrected chi connectivity index (χ0v) is 15.0. The second-order valence-electron chi connectivity index (χ2n) is 4.83. The number of carboxylic acid groups (broad SMARTS) is 1. The largest absolute Gasteiger partial charge is 0.508 e. The number of halogens is 2. The van der Waals surface area contributed by atoms with Crippen LogP contribution in [0.25, 0.3) is 0 Å². The van der Waals surface area contributed by atoms with Crippen molar-refractivity contribution in [3.05, 3.63) is 56.5 Å². The number of carbonyl (C=O) groups is 1. The minimum Gasteiger partial charge on any atom is -0.508 e. The van der Waals surface area contributed by atoms with Gasteiger partial charge < -0.3 is 15.3 Å². The highest BCUT2D eigenvalue weighted by Gasteiger charge is 2.16. The van der Waals surface area contributed by atoms with Crippen LogP contribution < -0.4 is 0 Å². The lowest BCUT2D eigenvalue weighted by atomic mass is 10.1. The lowest BCUT2D eigenvalue weighted by Gasteiger charge is -2.08. The van der Waals surface area contributed by atoms with E-state index in [-0.39, 0.29) is 17.9 Å². The summed E-state index contributed by atoms with van der Waals surface area (Å²) in [5.41, 5.74) is 1.15. The molecule has 0 aliphatic rings. The summed E-state index contributed by atoms with van der Waals surface area (Å²) in [7, 11) is 0. The lowest BCUT2D eigenvalue weighted by Crippen LogP contribution is -2.20. The lowest BCUT2D eigenvalue weighted by molar-refractivity contribution is -0.138. The second kappa shape index (κ2) is 7.61. The van der Waals surface area contributed by atoms with Crippen molar-refractivity contribution in [3.63, 3.8) is 0 Å². The third-order valence-electron chi connectivity index (χ3n) is 3.10. The van der Waals surface area contributed by atoms with E-state index in [4.69, 9.17) is 0 Å². The molecule has 0 fully saturated rings. The van der Waals surface area contributed by atoms with E-state index in [1.807, 2.05) is 0 Å². The van der Waals surface area contributed by atoms with E-state index in [0.717, 1.165) is 10.0 Å². The molecule has 7 heteroatoms. The fourth-order valence-corrected chi connectivity index (χ4v) is 3.17. The summed E-state index contributed by atoms with van der Waals surface area (Å²) in [6, 6.07) is 8.62. The molecular weight excluding hydrogens is 430 g/mol. The van der Waals surface area contributed by atoms with Gasteiger partial charge in [-0.25, -0.2) is 4.79 Å². The molecule has 1 atom stereocenters. The molecule has 23 heavy (non-hydrogen) atoms. The van der Waals surface area contributed by atoms with Crippen LogP contribution in [-0.4, -0.2) is 33.5 Å². The smallest absolute Gasteiger partial charge is 0.328 e. The Morgan fingerprint density at radius 3 is 2.43 bits per heavy atom. The molecule has 2 aromatic carbocycles. The predicted octanol–water partition coefficient (Wildman–Crippen LogP) is 3.74. The summed E-state index contributed by atoms with van der Waals surface area (Å²) in [4.78, 5) is 15.4. The Hall–Kier alpha value is -1.86. The van der Waals surface area contributed by atoms with E-state index in [2.05, 4.69) is 36.9 Å². The van der Waals surface area contributed by atoms with Crippen molar-refractivity contribution >= 4 is 44.0 Å². The molecule has 0 heterocycles. The van der Waals surface area contributed by atoms with Crippen molar-refractivity contribution in [2.75, 3.05) is 0 Å². The van der Waals surface area contributed by atoms with Gasteiger partial charge in [0.15, 0.2) is 6.04 Å². The molecule has 2 aromatic rings. The van der Waals surface area contributed by atoms with Crippen LogP contribution in [0.5, 0.6) is 11.5 Å². The van der Waals surface area contributed by atoms with E-state index >= 15 is 0 Å². The third-order valence-corrected chi connectivity index (χ3v) is 4.16. The summed E-state index contributed by atoms with van der Waals surface area (Å²) in [5, 5.41) is 28.5. The van der Waals surface area contributed by atoms with Crippen LogP contribution in [0.4, 0.5) is 0 Å². The SMILES string of the molecule is O=C(O)[C@H](Cc1ccc(O)cc1)N=Cc1cc(Br)cc(Br)c1O. The van der Waals surface area contributed by atoms with Gasteiger partial charge in [-0.1, -0.05) is 28.1 Å². The first-order valence-electron chi connectivity index (χ1n) is 6.58. The number of nitrogens with zero attached hydrogens (tertiary/aromatic N) is 1. The average Bonchev–Trinajstić information content (AvgIpc) is 2.49. The standard InChI is InChI=1S/C16H13Br2NO4/c17-11-6-10(15(21)13(18)7-11)8-19-14(16(22)23)5-9-1-3-12(20)4-2-9/h1-4,6-8,14,20-21H,5H2,(H,22,23)/t14-/m0/s1. The maximum absolute atomic E-state index is 11.4. The molecule has 0 aliphatic heterocycles. The summed E-state index contributed by atoms with van der Waals surface area (Å²) in [6.07, 6.45) is 1.52. The molecule has 0 spiro atoms. The zero-order chi connectivity index (χ0) is 17.0. The maximum atomic E-state index is 11.4. The van der Waals surface area contributed by atoms with Crippen molar-refractivity contribution in [1.29, 1.82) is 0 Å². The van der Waals surface area contributed by atoms with Crippen LogP contribution in [0.15, 0.2) is 50.3 Å². The fraction of sp³-hybridized carbons (Fsp3) is 0.125. The van der Waals surface area contributed by atoms with Crippen molar-refractivity contribution in [2.24, 2.45) is 4.99 Å². The van der Waals surface area contributed by atoms with Crippen LogP contribution in [0.3, 0.4) is 0 Å². The highest BCUT2D eigenvalue weighted by Crippen LogP contribution is 2.30. The Kier molecular flexibility index (Phi) is 5.79. The van der Waals surface area contributed by atoms with Crippen molar-refractivity contribution in [2.45, 2.75) is 12.5 Å². The van der Waals surface area contributed by atoms with E-state index in [0.29, 0.717) is 10.0 Å². The van der Waals surface area contributed by atoms with Gasteiger partial charge in [-0.15, -0.1) is 0 Å². The van der Waals surface area contributed by atoms with Crippen LogP contribution in [-0.2, 0) is 11.2 Å².